The number of carbonyl (C=O) groups excluding carboxylic acids is 4. The number of amides is 4. The van der Waals surface area contributed by atoms with Crippen molar-refractivity contribution in [2.24, 2.45) is 11.8 Å². The average molecular weight is 355 g/mol. The number of anilines is 2. The summed E-state index contributed by atoms with van der Waals surface area (Å²) in [7, 11) is 0. The Morgan fingerprint density at radius 2 is 1.46 bits per heavy atom. The molecule has 1 aromatic rings. The van der Waals surface area contributed by atoms with Crippen LogP contribution < -0.4 is 10.6 Å². The fourth-order valence-electron chi connectivity index (χ4n) is 3.37. The van der Waals surface area contributed by atoms with E-state index in [0.717, 1.165) is 0 Å². The molecular weight excluding hydrogens is 334 g/mol. The number of imide groups is 1. The minimum absolute atomic E-state index is 0.0534. The van der Waals surface area contributed by atoms with Crippen molar-refractivity contribution in [1.29, 1.82) is 0 Å². The predicted molar refractivity (Wildman–Crippen MR) is 96.1 cm³/mol. The number of hydrogen-bond acceptors (Lipinski definition) is 4. The van der Waals surface area contributed by atoms with E-state index < -0.39 is 0 Å². The monoisotopic (exact) mass is 355 g/mol. The van der Waals surface area contributed by atoms with E-state index >= 15 is 0 Å². The van der Waals surface area contributed by atoms with Gasteiger partial charge in [0, 0.05) is 31.3 Å². The van der Waals surface area contributed by atoms with E-state index in [2.05, 4.69) is 10.6 Å². The van der Waals surface area contributed by atoms with E-state index in [1.807, 2.05) is 12.2 Å². The van der Waals surface area contributed by atoms with Gasteiger partial charge in [0.1, 0.15) is 0 Å². The topological polar surface area (TPSA) is 95.6 Å². The van der Waals surface area contributed by atoms with Gasteiger partial charge in [0.25, 0.3) is 0 Å². The molecule has 0 bridgehead atoms. The number of rotatable bonds is 5. The van der Waals surface area contributed by atoms with Crippen molar-refractivity contribution >= 4 is 35.0 Å². The molecule has 1 aliphatic carbocycles. The molecule has 1 fully saturated rings. The molecule has 1 aliphatic heterocycles. The molecule has 136 valence electrons. The van der Waals surface area contributed by atoms with Crippen LogP contribution in [0.1, 0.15) is 26.2 Å². The standard InChI is InChI=1S/C19H21N3O4/c1-12(23)20-13-6-8-14(9-7-13)21-17(24)10-11-22-18(25)15-4-2-3-5-16(15)19(22)26/h2-3,6-9,15-16H,4-5,10-11H2,1H3,(H,20,23)(H,21,24)/t15-,16+. The van der Waals surface area contributed by atoms with E-state index in [9.17, 15) is 19.2 Å². The molecule has 0 saturated carbocycles. The third-order valence-corrected chi connectivity index (χ3v) is 4.65. The Hall–Kier alpha value is -2.96. The van der Waals surface area contributed by atoms with E-state index in [1.54, 1.807) is 24.3 Å². The van der Waals surface area contributed by atoms with Gasteiger partial charge in [-0.15, -0.1) is 0 Å². The van der Waals surface area contributed by atoms with Crippen molar-refractivity contribution in [2.75, 3.05) is 17.2 Å². The van der Waals surface area contributed by atoms with Gasteiger partial charge in [-0.3, -0.25) is 24.1 Å². The Kier molecular flexibility index (Phi) is 5.16. The van der Waals surface area contributed by atoms with Gasteiger partial charge in [-0.1, -0.05) is 12.2 Å². The summed E-state index contributed by atoms with van der Waals surface area (Å²) in [5.74, 6) is -1.31. The van der Waals surface area contributed by atoms with Crippen LogP contribution in [0.5, 0.6) is 0 Å². The van der Waals surface area contributed by atoms with Crippen LogP contribution in [0.15, 0.2) is 36.4 Å². The third kappa shape index (κ3) is 3.82. The van der Waals surface area contributed by atoms with Crippen LogP contribution in [0, 0.1) is 11.8 Å². The quantitative estimate of drug-likeness (QED) is 0.623. The lowest BCUT2D eigenvalue weighted by Crippen LogP contribution is -2.34. The van der Waals surface area contributed by atoms with E-state index in [4.69, 9.17) is 0 Å². The first-order chi connectivity index (χ1) is 12.5. The molecule has 1 aromatic carbocycles. The van der Waals surface area contributed by atoms with Crippen LogP contribution in [0.3, 0.4) is 0 Å². The highest BCUT2D eigenvalue weighted by atomic mass is 16.2. The number of fused-ring (bicyclic) bond motifs is 1. The van der Waals surface area contributed by atoms with Gasteiger partial charge in [0.15, 0.2) is 0 Å². The molecule has 3 rings (SSSR count). The zero-order valence-electron chi connectivity index (χ0n) is 14.5. The fraction of sp³-hybridized carbons (Fsp3) is 0.368. The predicted octanol–water partition coefficient (Wildman–Crippen LogP) is 1.92. The summed E-state index contributed by atoms with van der Waals surface area (Å²) < 4.78 is 0. The smallest absolute Gasteiger partial charge is 0.233 e. The lowest BCUT2D eigenvalue weighted by molar-refractivity contribution is -0.140. The molecule has 1 saturated heterocycles. The van der Waals surface area contributed by atoms with Gasteiger partial charge in [-0.2, -0.15) is 0 Å². The van der Waals surface area contributed by atoms with Crippen LogP contribution in [0.2, 0.25) is 0 Å². The van der Waals surface area contributed by atoms with Crippen LogP contribution in [-0.4, -0.2) is 35.1 Å². The average Bonchev–Trinajstić information content (AvgIpc) is 2.86. The number of allylic oxidation sites excluding steroid dienone is 2. The first-order valence-corrected chi connectivity index (χ1v) is 8.63. The molecule has 1 heterocycles. The van der Waals surface area contributed by atoms with E-state index in [0.29, 0.717) is 24.2 Å². The normalized spacial score (nSPS) is 21.5. The Morgan fingerprint density at radius 1 is 0.962 bits per heavy atom. The molecule has 0 radical (unpaired) electrons. The lowest BCUT2D eigenvalue weighted by atomic mass is 9.85. The molecule has 0 spiro atoms. The summed E-state index contributed by atoms with van der Waals surface area (Å²) in [6.07, 6.45) is 5.12. The highest BCUT2D eigenvalue weighted by Gasteiger charge is 2.46. The molecule has 4 amide bonds. The van der Waals surface area contributed by atoms with Gasteiger partial charge in [0.2, 0.25) is 23.6 Å². The second-order valence-electron chi connectivity index (χ2n) is 6.54. The third-order valence-electron chi connectivity index (χ3n) is 4.65. The Labute approximate surface area is 151 Å². The number of carbonyl (C=O) groups is 4. The van der Waals surface area contributed by atoms with Crippen molar-refractivity contribution in [1.82, 2.24) is 4.90 Å². The van der Waals surface area contributed by atoms with Crippen molar-refractivity contribution in [3.8, 4) is 0 Å². The first-order valence-electron chi connectivity index (χ1n) is 8.63. The fourth-order valence-corrected chi connectivity index (χ4v) is 3.37. The van der Waals surface area contributed by atoms with Gasteiger partial charge in [-0.05, 0) is 37.1 Å². The van der Waals surface area contributed by atoms with Crippen LogP contribution in [0.4, 0.5) is 11.4 Å². The molecule has 0 unspecified atom stereocenters. The molecule has 7 heteroatoms. The first kappa shape index (κ1) is 17.8. The molecule has 0 aromatic heterocycles. The molecule has 26 heavy (non-hydrogen) atoms. The number of nitrogens with zero attached hydrogens (tertiary/aromatic N) is 1. The lowest BCUT2D eigenvalue weighted by Gasteiger charge is -2.14. The number of nitrogens with one attached hydrogen (secondary N) is 2. The minimum Gasteiger partial charge on any atom is -0.326 e. The molecule has 2 N–H and O–H groups in total. The molecule has 2 aliphatic rings. The highest BCUT2D eigenvalue weighted by Crippen LogP contribution is 2.35. The maximum absolute atomic E-state index is 12.4. The Morgan fingerprint density at radius 3 is 1.96 bits per heavy atom. The summed E-state index contributed by atoms with van der Waals surface area (Å²) in [6.45, 7) is 1.52. The SMILES string of the molecule is CC(=O)Nc1ccc(NC(=O)CCN2C(=O)[C@H]3CC=CC[C@H]3C2=O)cc1. The van der Waals surface area contributed by atoms with Gasteiger partial charge in [-0.25, -0.2) is 0 Å². The van der Waals surface area contributed by atoms with Gasteiger partial charge >= 0.3 is 0 Å². The summed E-state index contributed by atoms with van der Waals surface area (Å²) in [6, 6.07) is 6.72. The van der Waals surface area contributed by atoms with Crippen molar-refractivity contribution in [3.05, 3.63) is 36.4 Å². The highest BCUT2D eigenvalue weighted by molar-refractivity contribution is 6.05. The van der Waals surface area contributed by atoms with Crippen LogP contribution >= 0.6 is 0 Å². The number of hydrogen-bond donors (Lipinski definition) is 2. The van der Waals surface area contributed by atoms with E-state index in [-0.39, 0.29) is 48.4 Å². The molecule has 2 atom stereocenters. The minimum atomic E-state index is -0.272. The van der Waals surface area contributed by atoms with Crippen molar-refractivity contribution in [2.45, 2.75) is 26.2 Å². The van der Waals surface area contributed by atoms with E-state index in [1.165, 1.54) is 11.8 Å². The number of benzene rings is 1. The second kappa shape index (κ2) is 7.51. The Bertz CT molecular complexity index is 743. The summed E-state index contributed by atoms with van der Waals surface area (Å²) >= 11 is 0. The number of likely N-dealkylation sites (tertiary alicyclic amines) is 1. The summed E-state index contributed by atoms with van der Waals surface area (Å²) in [5.41, 5.74) is 1.22. The zero-order valence-corrected chi connectivity index (χ0v) is 14.5. The van der Waals surface area contributed by atoms with Crippen LogP contribution in [0.25, 0.3) is 0 Å². The summed E-state index contributed by atoms with van der Waals surface area (Å²) in [5, 5.41) is 5.37. The van der Waals surface area contributed by atoms with Crippen molar-refractivity contribution in [3.63, 3.8) is 0 Å². The molecule has 7 nitrogen and oxygen atoms in total. The zero-order chi connectivity index (χ0) is 18.7. The maximum Gasteiger partial charge on any atom is 0.233 e. The largest absolute Gasteiger partial charge is 0.326 e. The van der Waals surface area contributed by atoms with Crippen molar-refractivity contribution < 1.29 is 19.2 Å². The van der Waals surface area contributed by atoms with Gasteiger partial charge in [0.05, 0.1) is 11.8 Å². The van der Waals surface area contributed by atoms with Gasteiger partial charge < -0.3 is 10.6 Å². The maximum atomic E-state index is 12.4. The molecular formula is C19H21N3O4. The summed E-state index contributed by atoms with van der Waals surface area (Å²) in [4.78, 5) is 49.0. The second-order valence-corrected chi connectivity index (χ2v) is 6.54. The Balaban J connectivity index is 1.52. The van der Waals surface area contributed by atoms with Crippen LogP contribution in [-0.2, 0) is 19.2 Å².